The summed E-state index contributed by atoms with van der Waals surface area (Å²) >= 11 is 0. The molecular formula is C20H25N5O2. The van der Waals surface area contributed by atoms with Gasteiger partial charge in [0.25, 0.3) is 0 Å². The predicted octanol–water partition coefficient (Wildman–Crippen LogP) is 4.60. The zero-order valence-corrected chi connectivity index (χ0v) is 15.4. The lowest BCUT2D eigenvalue weighted by Gasteiger charge is -2.30. The van der Waals surface area contributed by atoms with Crippen LogP contribution in [0.5, 0.6) is 0 Å². The molecule has 0 bridgehead atoms. The molecule has 1 fully saturated rings. The number of fused-ring (bicyclic) bond motifs is 1. The zero-order valence-electron chi connectivity index (χ0n) is 15.4. The van der Waals surface area contributed by atoms with Crippen molar-refractivity contribution in [1.29, 1.82) is 0 Å². The van der Waals surface area contributed by atoms with Crippen LogP contribution in [0.25, 0.3) is 0 Å². The summed E-state index contributed by atoms with van der Waals surface area (Å²) in [6.07, 6.45) is 10.2. The number of nitro groups is 1. The standard InChI is InChI=1S/C20H25N5O2/c26-25(27)18-19(23-16-10-3-1-2-4-11-16)21-14-22-20(18)24-13-7-9-15-8-5-6-12-17(15)24/h5-6,8,12,14,16H,1-4,7,9-11,13H2,(H,21,22,23). The van der Waals surface area contributed by atoms with Crippen LogP contribution in [0.15, 0.2) is 30.6 Å². The molecule has 2 heterocycles. The van der Waals surface area contributed by atoms with E-state index in [0.29, 0.717) is 11.6 Å². The van der Waals surface area contributed by atoms with Gasteiger partial charge in [0.05, 0.1) is 4.92 Å². The first-order chi connectivity index (χ1) is 13.2. The van der Waals surface area contributed by atoms with Gasteiger partial charge in [0.1, 0.15) is 6.33 Å². The normalized spacial score (nSPS) is 17.9. The number of anilines is 3. The highest BCUT2D eigenvalue weighted by atomic mass is 16.6. The molecule has 0 atom stereocenters. The van der Waals surface area contributed by atoms with Gasteiger partial charge in [-0.25, -0.2) is 9.97 Å². The number of aryl methyl sites for hydroxylation is 1. The van der Waals surface area contributed by atoms with E-state index in [0.717, 1.165) is 50.8 Å². The summed E-state index contributed by atoms with van der Waals surface area (Å²) in [6, 6.07) is 8.31. The van der Waals surface area contributed by atoms with Crippen molar-refractivity contribution in [1.82, 2.24) is 9.97 Å². The van der Waals surface area contributed by atoms with Gasteiger partial charge in [0.2, 0.25) is 11.6 Å². The summed E-state index contributed by atoms with van der Waals surface area (Å²) in [7, 11) is 0. The molecule has 142 valence electrons. The Kier molecular flexibility index (Phi) is 5.18. The number of hydrogen-bond acceptors (Lipinski definition) is 6. The summed E-state index contributed by atoms with van der Waals surface area (Å²) < 4.78 is 0. The number of aromatic nitrogens is 2. The average Bonchev–Trinajstić information content (AvgIpc) is 2.96. The molecule has 0 unspecified atom stereocenters. The molecule has 1 aromatic carbocycles. The second-order valence-corrected chi connectivity index (χ2v) is 7.37. The van der Waals surface area contributed by atoms with Gasteiger partial charge in [-0.1, -0.05) is 43.9 Å². The summed E-state index contributed by atoms with van der Waals surface area (Å²) in [6.45, 7) is 0.720. The highest BCUT2D eigenvalue weighted by molar-refractivity contribution is 5.77. The van der Waals surface area contributed by atoms with Crippen LogP contribution in [0.4, 0.5) is 23.0 Å². The van der Waals surface area contributed by atoms with E-state index in [1.807, 2.05) is 23.1 Å². The molecule has 0 amide bonds. The summed E-state index contributed by atoms with van der Waals surface area (Å²) in [5.74, 6) is 0.734. The highest BCUT2D eigenvalue weighted by Crippen LogP contribution is 2.39. The molecule has 1 aromatic heterocycles. The molecule has 7 heteroatoms. The third-order valence-corrected chi connectivity index (χ3v) is 5.55. The fraction of sp³-hybridized carbons (Fsp3) is 0.500. The van der Waals surface area contributed by atoms with Crippen LogP contribution < -0.4 is 10.2 Å². The smallest absolute Gasteiger partial charge is 0.353 e. The van der Waals surface area contributed by atoms with Gasteiger partial charge in [0.15, 0.2) is 0 Å². The molecule has 7 nitrogen and oxygen atoms in total. The second kappa shape index (κ2) is 7.90. The second-order valence-electron chi connectivity index (χ2n) is 7.37. The summed E-state index contributed by atoms with van der Waals surface area (Å²) in [5.41, 5.74) is 2.19. The van der Waals surface area contributed by atoms with E-state index < -0.39 is 0 Å². The first-order valence-corrected chi connectivity index (χ1v) is 9.85. The fourth-order valence-electron chi connectivity index (χ4n) is 4.21. The van der Waals surface area contributed by atoms with Crippen molar-refractivity contribution in [2.45, 2.75) is 57.4 Å². The quantitative estimate of drug-likeness (QED) is 0.483. The Hall–Kier alpha value is -2.70. The molecule has 1 saturated carbocycles. The number of para-hydroxylation sites is 1. The Labute approximate surface area is 159 Å². The third kappa shape index (κ3) is 3.72. The maximum absolute atomic E-state index is 12.0. The average molecular weight is 367 g/mol. The van der Waals surface area contributed by atoms with E-state index in [4.69, 9.17) is 0 Å². The first-order valence-electron chi connectivity index (χ1n) is 9.85. The summed E-state index contributed by atoms with van der Waals surface area (Å²) in [5, 5.41) is 15.3. The summed E-state index contributed by atoms with van der Waals surface area (Å²) in [4.78, 5) is 22.2. The minimum Gasteiger partial charge on any atom is -0.361 e. The molecule has 1 aliphatic heterocycles. The largest absolute Gasteiger partial charge is 0.361 e. The molecular weight excluding hydrogens is 342 g/mol. The highest BCUT2D eigenvalue weighted by Gasteiger charge is 2.31. The van der Waals surface area contributed by atoms with Crippen molar-refractivity contribution in [2.75, 3.05) is 16.8 Å². The number of nitrogens with one attached hydrogen (secondary N) is 1. The Balaban J connectivity index is 1.71. The van der Waals surface area contributed by atoms with E-state index in [2.05, 4.69) is 21.4 Å². The van der Waals surface area contributed by atoms with Gasteiger partial charge in [-0.15, -0.1) is 0 Å². The van der Waals surface area contributed by atoms with Crippen LogP contribution >= 0.6 is 0 Å². The molecule has 0 radical (unpaired) electrons. The molecule has 1 aliphatic carbocycles. The van der Waals surface area contributed by atoms with Crippen molar-refractivity contribution in [3.05, 3.63) is 46.3 Å². The predicted molar refractivity (Wildman–Crippen MR) is 106 cm³/mol. The van der Waals surface area contributed by atoms with E-state index in [9.17, 15) is 10.1 Å². The minimum atomic E-state index is -0.342. The maximum Gasteiger partial charge on any atom is 0.353 e. The number of rotatable bonds is 4. The van der Waals surface area contributed by atoms with Crippen molar-refractivity contribution in [3.8, 4) is 0 Å². The van der Waals surface area contributed by atoms with Gasteiger partial charge >= 0.3 is 5.69 Å². The van der Waals surface area contributed by atoms with Gasteiger partial charge in [-0.2, -0.15) is 0 Å². The third-order valence-electron chi connectivity index (χ3n) is 5.55. The van der Waals surface area contributed by atoms with Gasteiger partial charge in [0, 0.05) is 18.3 Å². The van der Waals surface area contributed by atoms with Crippen LogP contribution in [-0.2, 0) is 6.42 Å². The van der Waals surface area contributed by atoms with E-state index in [1.165, 1.54) is 24.7 Å². The molecule has 0 spiro atoms. The minimum absolute atomic E-state index is 0.0153. The van der Waals surface area contributed by atoms with Crippen LogP contribution in [0.3, 0.4) is 0 Å². The van der Waals surface area contributed by atoms with Crippen molar-refractivity contribution in [3.63, 3.8) is 0 Å². The van der Waals surface area contributed by atoms with Gasteiger partial charge < -0.3 is 10.2 Å². The lowest BCUT2D eigenvalue weighted by molar-refractivity contribution is -0.383. The zero-order chi connectivity index (χ0) is 18.6. The van der Waals surface area contributed by atoms with Gasteiger partial charge in [-0.3, -0.25) is 10.1 Å². The Morgan fingerprint density at radius 1 is 1.07 bits per heavy atom. The molecule has 2 aliphatic rings. The van der Waals surface area contributed by atoms with E-state index in [-0.39, 0.29) is 16.7 Å². The topological polar surface area (TPSA) is 84.2 Å². The Morgan fingerprint density at radius 2 is 1.85 bits per heavy atom. The van der Waals surface area contributed by atoms with Crippen LogP contribution in [0, 0.1) is 10.1 Å². The lowest BCUT2D eigenvalue weighted by atomic mass is 10.0. The van der Waals surface area contributed by atoms with Crippen LogP contribution in [0.2, 0.25) is 0 Å². The molecule has 0 saturated heterocycles. The molecule has 27 heavy (non-hydrogen) atoms. The van der Waals surface area contributed by atoms with Crippen LogP contribution in [-0.4, -0.2) is 27.5 Å². The Morgan fingerprint density at radius 3 is 2.63 bits per heavy atom. The number of nitrogens with zero attached hydrogens (tertiary/aromatic N) is 4. The van der Waals surface area contributed by atoms with Crippen molar-refractivity contribution in [2.24, 2.45) is 0 Å². The SMILES string of the molecule is O=[N+]([O-])c1c(NC2CCCCCC2)ncnc1N1CCCc2ccccc21. The maximum atomic E-state index is 12.0. The molecule has 4 rings (SSSR count). The van der Waals surface area contributed by atoms with Crippen molar-refractivity contribution < 1.29 is 4.92 Å². The van der Waals surface area contributed by atoms with E-state index >= 15 is 0 Å². The number of hydrogen-bond donors (Lipinski definition) is 1. The molecule has 1 N–H and O–H groups in total. The first kappa shape index (κ1) is 17.7. The molecule has 2 aromatic rings. The monoisotopic (exact) mass is 367 g/mol. The van der Waals surface area contributed by atoms with Crippen molar-refractivity contribution >= 4 is 23.0 Å². The Bertz CT molecular complexity index is 818. The number of benzene rings is 1. The van der Waals surface area contributed by atoms with Gasteiger partial charge in [-0.05, 0) is 37.3 Å². The van der Waals surface area contributed by atoms with E-state index in [1.54, 1.807) is 0 Å². The van der Waals surface area contributed by atoms with Crippen LogP contribution in [0.1, 0.15) is 50.5 Å². The fourth-order valence-corrected chi connectivity index (χ4v) is 4.21. The lowest BCUT2D eigenvalue weighted by Crippen LogP contribution is -2.27.